The molecule has 0 radical (unpaired) electrons. The van der Waals surface area contributed by atoms with Gasteiger partial charge in [0.1, 0.15) is 6.04 Å². The van der Waals surface area contributed by atoms with Crippen molar-refractivity contribution >= 4 is 65.7 Å². The van der Waals surface area contributed by atoms with E-state index in [1.807, 2.05) is 6.92 Å². The molecule has 0 aromatic carbocycles. The lowest BCUT2D eigenvalue weighted by atomic mass is 10.1. The maximum atomic E-state index is 12.1. The summed E-state index contributed by atoms with van der Waals surface area (Å²) in [5.74, 6) is -3.23. The van der Waals surface area contributed by atoms with Gasteiger partial charge in [0.05, 0.1) is 18.2 Å². The van der Waals surface area contributed by atoms with Crippen molar-refractivity contribution in [3.8, 4) is 0 Å². The fourth-order valence-corrected chi connectivity index (χ4v) is 5.59. The van der Waals surface area contributed by atoms with Crippen molar-refractivity contribution in [2.75, 3.05) is 31.9 Å². The van der Waals surface area contributed by atoms with Crippen molar-refractivity contribution in [2.45, 2.75) is 91.6 Å². The van der Waals surface area contributed by atoms with Crippen LogP contribution in [0, 0.1) is 11.8 Å². The van der Waals surface area contributed by atoms with E-state index in [9.17, 15) is 43.2 Å². The molecule has 0 spiro atoms. The highest BCUT2D eigenvalue weighted by Crippen LogP contribution is 2.22. The summed E-state index contributed by atoms with van der Waals surface area (Å²) in [6, 6.07) is -0.970. The van der Waals surface area contributed by atoms with Crippen LogP contribution in [0.15, 0.2) is 0 Å². The summed E-state index contributed by atoms with van der Waals surface area (Å²) in [6.45, 7) is 6.73. The Morgan fingerprint density at radius 1 is 0.809 bits per heavy atom. The number of nitrogens with zero attached hydrogens (tertiary/aromatic N) is 3. The van der Waals surface area contributed by atoms with Crippen molar-refractivity contribution in [1.29, 1.82) is 0 Å². The number of rotatable bonds is 15. The van der Waals surface area contributed by atoms with E-state index in [4.69, 9.17) is 5.73 Å². The molecule has 17 heteroatoms. The zero-order valence-corrected chi connectivity index (χ0v) is 27.3. The quantitative estimate of drug-likeness (QED) is 0.128. The minimum atomic E-state index is -0.854. The number of hydrogen-bond acceptors (Lipinski definition) is 11. The van der Waals surface area contributed by atoms with Gasteiger partial charge in [-0.25, -0.2) is 4.79 Å². The van der Waals surface area contributed by atoms with Crippen molar-refractivity contribution in [3.63, 3.8) is 0 Å². The summed E-state index contributed by atoms with van der Waals surface area (Å²) in [6.07, 6.45) is 1.18. The first kappa shape index (κ1) is 41.0. The van der Waals surface area contributed by atoms with Crippen LogP contribution in [-0.2, 0) is 48.0 Å². The van der Waals surface area contributed by atoms with E-state index in [1.54, 1.807) is 11.8 Å². The minimum absolute atomic E-state index is 0. The van der Waals surface area contributed by atoms with E-state index in [-0.39, 0.29) is 93.2 Å². The van der Waals surface area contributed by atoms with Gasteiger partial charge in [-0.1, -0.05) is 21.3 Å². The number of imide groups is 1. The van der Waals surface area contributed by atoms with E-state index in [0.717, 1.165) is 0 Å². The number of hydrogen-bond donors (Lipinski definition) is 4. The molecule has 47 heavy (non-hydrogen) atoms. The molecule has 3 aliphatic rings. The van der Waals surface area contributed by atoms with Crippen LogP contribution in [0.2, 0.25) is 0 Å². The topological polar surface area (TPSA) is 223 Å². The number of likely N-dealkylation sites (tertiary alicyclic amines) is 2. The molecular formula is C30H48N6O10S. The standard InChI is InChI=1S/C17H24N4O7.C12H20N2O3S.CH4/c1-2-11(17(18)27)20-9-10(7-15(20)25)8-19-12(22)3-6-16(26)28-21-13(23)4-5-14(21)24;1-3-10(8(2)15)14-6-9(4-12(14)17)5-13-11(16)7-18;/h10-11H,2-9H2,1H3,(H2,18,27)(H,19,22);9-10,18H,3-7H2,1-2H3,(H,13,16);1H4/t10?,11-;9?,10-;/m11./s1. The van der Waals surface area contributed by atoms with Crippen molar-refractivity contribution in [3.05, 3.63) is 0 Å². The molecule has 7 amide bonds. The number of carbonyl (C=O) groups excluding carboxylic acids is 9. The number of thiol groups is 1. The van der Waals surface area contributed by atoms with Crippen LogP contribution in [0.25, 0.3) is 0 Å². The second kappa shape index (κ2) is 19.6. The number of nitrogens with one attached hydrogen (secondary N) is 2. The molecule has 3 heterocycles. The van der Waals surface area contributed by atoms with Gasteiger partial charge < -0.3 is 31.0 Å². The Balaban J connectivity index is 0.000000505. The average Bonchev–Trinajstić information content (AvgIpc) is 3.66. The van der Waals surface area contributed by atoms with Gasteiger partial charge in [-0.15, -0.1) is 5.06 Å². The highest BCUT2D eigenvalue weighted by molar-refractivity contribution is 7.81. The third kappa shape index (κ3) is 12.3. The van der Waals surface area contributed by atoms with E-state index in [2.05, 4.69) is 28.1 Å². The first-order chi connectivity index (χ1) is 21.7. The van der Waals surface area contributed by atoms with Gasteiger partial charge in [0, 0.05) is 70.1 Å². The summed E-state index contributed by atoms with van der Waals surface area (Å²) in [7, 11) is 0. The fourth-order valence-electron chi connectivity index (χ4n) is 5.48. The zero-order chi connectivity index (χ0) is 34.6. The van der Waals surface area contributed by atoms with Gasteiger partial charge >= 0.3 is 5.97 Å². The molecule has 3 rings (SSSR count). The second-order valence-corrected chi connectivity index (χ2v) is 11.7. The van der Waals surface area contributed by atoms with E-state index in [1.165, 1.54) is 11.8 Å². The molecule has 3 aliphatic heterocycles. The normalized spacial score (nSPS) is 20.2. The Morgan fingerprint density at radius 3 is 1.70 bits per heavy atom. The molecule has 2 unspecified atom stereocenters. The molecule has 0 aliphatic carbocycles. The molecule has 4 atom stereocenters. The van der Waals surface area contributed by atoms with Crippen molar-refractivity contribution in [1.82, 2.24) is 25.5 Å². The van der Waals surface area contributed by atoms with E-state index >= 15 is 0 Å². The number of carbonyl (C=O) groups is 9. The van der Waals surface area contributed by atoms with Crippen molar-refractivity contribution in [2.24, 2.45) is 17.6 Å². The van der Waals surface area contributed by atoms with E-state index < -0.39 is 35.6 Å². The molecule has 4 N–H and O–H groups in total. The van der Waals surface area contributed by atoms with Crippen LogP contribution in [-0.4, -0.2) is 112 Å². The van der Waals surface area contributed by atoms with Gasteiger partial charge in [0.15, 0.2) is 5.78 Å². The van der Waals surface area contributed by atoms with Gasteiger partial charge in [0.2, 0.25) is 29.5 Å². The fraction of sp³-hybridized carbons (Fsp3) is 0.700. The highest BCUT2D eigenvalue weighted by Gasteiger charge is 2.37. The van der Waals surface area contributed by atoms with Crippen molar-refractivity contribution < 1.29 is 48.0 Å². The molecule has 0 aromatic heterocycles. The van der Waals surface area contributed by atoms with E-state index in [0.29, 0.717) is 44.0 Å². The summed E-state index contributed by atoms with van der Waals surface area (Å²) in [4.78, 5) is 112. The zero-order valence-electron chi connectivity index (χ0n) is 26.5. The smallest absolute Gasteiger partial charge is 0.333 e. The lowest BCUT2D eigenvalue weighted by molar-refractivity contribution is -0.197. The number of ketones is 1. The predicted octanol–water partition coefficient (Wildman–Crippen LogP) is -0.513. The molecular weight excluding hydrogens is 636 g/mol. The lowest BCUT2D eigenvalue weighted by Gasteiger charge is -2.25. The molecule has 264 valence electrons. The predicted molar refractivity (Wildman–Crippen MR) is 171 cm³/mol. The maximum absolute atomic E-state index is 12.1. The lowest BCUT2D eigenvalue weighted by Crippen LogP contribution is -2.45. The van der Waals surface area contributed by atoms with Gasteiger partial charge in [-0.05, 0) is 19.8 Å². The van der Waals surface area contributed by atoms with Crippen LogP contribution < -0.4 is 16.4 Å². The molecule has 0 aromatic rings. The Bertz CT molecular complexity index is 1200. The first-order valence-corrected chi connectivity index (χ1v) is 15.9. The molecule has 16 nitrogen and oxygen atoms in total. The number of amides is 7. The van der Waals surface area contributed by atoms with Gasteiger partial charge in [-0.3, -0.25) is 38.4 Å². The Kier molecular flexibility index (Phi) is 17.1. The summed E-state index contributed by atoms with van der Waals surface area (Å²) < 4.78 is 0. The third-order valence-corrected chi connectivity index (χ3v) is 8.16. The number of primary amides is 1. The number of nitrogens with two attached hydrogens (primary N) is 1. The van der Waals surface area contributed by atoms with Crippen LogP contribution >= 0.6 is 12.6 Å². The van der Waals surface area contributed by atoms with Gasteiger partial charge in [-0.2, -0.15) is 12.6 Å². The van der Waals surface area contributed by atoms with Crippen LogP contribution in [0.3, 0.4) is 0 Å². The summed E-state index contributed by atoms with van der Waals surface area (Å²) >= 11 is 3.87. The average molecular weight is 685 g/mol. The Morgan fingerprint density at radius 2 is 1.28 bits per heavy atom. The SMILES string of the molecule is C.CC[C@H](C(C)=O)N1CC(CNC(=O)CS)CC1=O.CC[C@H](C(N)=O)N1CC(CNC(=O)CCC(=O)ON2C(=O)CCC2=O)CC1=O. The van der Waals surface area contributed by atoms with Gasteiger partial charge in [0.25, 0.3) is 11.8 Å². The summed E-state index contributed by atoms with van der Waals surface area (Å²) in [5.41, 5.74) is 5.31. The first-order valence-electron chi connectivity index (χ1n) is 15.3. The molecule has 3 fully saturated rings. The summed E-state index contributed by atoms with van der Waals surface area (Å²) in [5, 5.41) is 5.78. The minimum Gasteiger partial charge on any atom is -0.368 e. The monoisotopic (exact) mass is 684 g/mol. The van der Waals surface area contributed by atoms with Crippen LogP contribution in [0.5, 0.6) is 0 Å². The number of hydroxylamine groups is 2. The second-order valence-electron chi connectivity index (χ2n) is 11.4. The Labute approximate surface area is 280 Å². The highest BCUT2D eigenvalue weighted by atomic mass is 32.1. The van der Waals surface area contributed by atoms with Crippen LogP contribution in [0.4, 0.5) is 0 Å². The Hall–Kier alpha value is -4.02. The molecule has 0 saturated carbocycles. The van der Waals surface area contributed by atoms with Crippen LogP contribution in [0.1, 0.15) is 79.6 Å². The maximum Gasteiger partial charge on any atom is 0.333 e. The third-order valence-electron chi connectivity index (χ3n) is 7.88. The molecule has 3 saturated heterocycles. The number of Topliss-reactive ketones (excluding diaryl/α,β-unsaturated/α-hetero) is 1. The molecule has 0 bridgehead atoms. The largest absolute Gasteiger partial charge is 0.368 e.